The van der Waals surface area contributed by atoms with E-state index in [9.17, 15) is 14.7 Å². The van der Waals surface area contributed by atoms with Crippen molar-refractivity contribution in [1.29, 1.82) is 0 Å². The van der Waals surface area contributed by atoms with E-state index in [1.807, 2.05) is 19.0 Å². The molecule has 1 saturated carbocycles. The average molecular weight is 270 g/mol. The second-order valence-corrected chi connectivity index (χ2v) is 5.94. The molecule has 1 rings (SSSR count). The van der Waals surface area contributed by atoms with Crippen molar-refractivity contribution in [2.24, 2.45) is 5.41 Å². The Morgan fingerprint density at radius 3 is 2.11 bits per heavy atom. The van der Waals surface area contributed by atoms with Gasteiger partial charge in [0.15, 0.2) is 0 Å². The van der Waals surface area contributed by atoms with E-state index >= 15 is 0 Å². The molecule has 0 aromatic carbocycles. The van der Waals surface area contributed by atoms with Crippen LogP contribution in [0.3, 0.4) is 0 Å². The van der Waals surface area contributed by atoms with Crippen molar-refractivity contribution in [2.45, 2.75) is 38.5 Å². The van der Waals surface area contributed by atoms with Crippen LogP contribution in [0.2, 0.25) is 0 Å². The first kappa shape index (κ1) is 16.0. The standard InChI is InChI=1S/C14H26N2O3/c1-15(2)9-10-16(3)12(17)11-14(13(18)19)7-5-4-6-8-14/h4-11H2,1-3H3,(H,18,19). The first-order valence-electron chi connectivity index (χ1n) is 6.99. The van der Waals surface area contributed by atoms with Crippen LogP contribution in [-0.2, 0) is 9.59 Å². The molecule has 0 aliphatic heterocycles. The van der Waals surface area contributed by atoms with Crippen LogP contribution in [0, 0.1) is 5.41 Å². The molecule has 0 spiro atoms. The Bertz CT molecular complexity index is 323. The van der Waals surface area contributed by atoms with E-state index in [0.29, 0.717) is 19.4 Å². The van der Waals surface area contributed by atoms with Gasteiger partial charge >= 0.3 is 5.97 Å². The molecule has 5 nitrogen and oxygen atoms in total. The minimum Gasteiger partial charge on any atom is -0.481 e. The third kappa shape index (κ3) is 4.49. The number of amides is 1. The van der Waals surface area contributed by atoms with Crippen LogP contribution >= 0.6 is 0 Å². The number of aliphatic carboxylic acids is 1. The molecule has 1 amide bonds. The van der Waals surface area contributed by atoms with Gasteiger partial charge in [0.05, 0.1) is 5.41 Å². The highest BCUT2D eigenvalue weighted by Crippen LogP contribution is 2.39. The maximum Gasteiger partial charge on any atom is 0.310 e. The van der Waals surface area contributed by atoms with Gasteiger partial charge in [0.2, 0.25) is 5.91 Å². The monoisotopic (exact) mass is 270 g/mol. The Balaban J connectivity index is 2.58. The van der Waals surface area contributed by atoms with Crippen molar-refractivity contribution in [3.05, 3.63) is 0 Å². The molecule has 0 bridgehead atoms. The van der Waals surface area contributed by atoms with Crippen LogP contribution in [0.5, 0.6) is 0 Å². The zero-order valence-electron chi connectivity index (χ0n) is 12.3. The molecule has 0 saturated heterocycles. The average Bonchev–Trinajstić information content (AvgIpc) is 2.36. The molecule has 0 radical (unpaired) electrons. The Morgan fingerprint density at radius 2 is 1.63 bits per heavy atom. The van der Waals surface area contributed by atoms with Crippen LogP contribution in [0.4, 0.5) is 0 Å². The van der Waals surface area contributed by atoms with Gasteiger partial charge in [0.25, 0.3) is 0 Å². The Morgan fingerprint density at radius 1 is 1.05 bits per heavy atom. The van der Waals surface area contributed by atoms with Gasteiger partial charge in [-0.05, 0) is 26.9 Å². The van der Waals surface area contributed by atoms with E-state index in [4.69, 9.17) is 0 Å². The number of likely N-dealkylation sites (N-methyl/N-ethyl adjacent to an activating group) is 2. The zero-order valence-corrected chi connectivity index (χ0v) is 12.3. The van der Waals surface area contributed by atoms with Crippen molar-refractivity contribution in [3.63, 3.8) is 0 Å². The smallest absolute Gasteiger partial charge is 0.310 e. The number of hydrogen-bond donors (Lipinski definition) is 1. The highest BCUT2D eigenvalue weighted by Gasteiger charge is 2.41. The Kier molecular flexibility index (Phi) is 5.79. The third-order valence-electron chi connectivity index (χ3n) is 4.06. The number of carboxylic acid groups (broad SMARTS) is 1. The molecular weight excluding hydrogens is 244 g/mol. The van der Waals surface area contributed by atoms with E-state index < -0.39 is 11.4 Å². The lowest BCUT2D eigenvalue weighted by molar-refractivity contribution is -0.155. The van der Waals surface area contributed by atoms with Crippen molar-refractivity contribution in [1.82, 2.24) is 9.80 Å². The minimum atomic E-state index is -0.818. The molecule has 19 heavy (non-hydrogen) atoms. The summed E-state index contributed by atoms with van der Waals surface area (Å²) in [6, 6.07) is 0. The summed E-state index contributed by atoms with van der Waals surface area (Å²) in [5.41, 5.74) is -0.818. The molecule has 0 unspecified atom stereocenters. The second kappa shape index (κ2) is 6.89. The van der Waals surface area contributed by atoms with Gasteiger partial charge in [-0.25, -0.2) is 0 Å². The van der Waals surface area contributed by atoms with E-state index in [0.717, 1.165) is 25.8 Å². The van der Waals surface area contributed by atoms with Gasteiger partial charge in [-0.15, -0.1) is 0 Å². The van der Waals surface area contributed by atoms with Gasteiger partial charge in [-0.2, -0.15) is 0 Å². The predicted octanol–water partition coefficient (Wildman–Crippen LogP) is 1.43. The maximum absolute atomic E-state index is 12.2. The van der Waals surface area contributed by atoms with Crippen LogP contribution < -0.4 is 0 Å². The molecule has 110 valence electrons. The maximum atomic E-state index is 12.2. The normalized spacial score (nSPS) is 18.3. The van der Waals surface area contributed by atoms with Crippen molar-refractivity contribution in [3.8, 4) is 0 Å². The van der Waals surface area contributed by atoms with Gasteiger partial charge in [-0.1, -0.05) is 19.3 Å². The van der Waals surface area contributed by atoms with E-state index in [2.05, 4.69) is 0 Å². The number of carbonyl (C=O) groups excluding carboxylic acids is 1. The molecule has 1 aliphatic rings. The topological polar surface area (TPSA) is 60.9 Å². The number of carbonyl (C=O) groups is 2. The van der Waals surface area contributed by atoms with Crippen molar-refractivity contribution in [2.75, 3.05) is 34.2 Å². The number of rotatable bonds is 6. The highest BCUT2D eigenvalue weighted by atomic mass is 16.4. The molecule has 0 aromatic heterocycles. The molecule has 1 aliphatic carbocycles. The quantitative estimate of drug-likeness (QED) is 0.793. The van der Waals surface area contributed by atoms with Crippen LogP contribution in [0.15, 0.2) is 0 Å². The lowest BCUT2D eigenvalue weighted by Crippen LogP contribution is -2.41. The van der Waals surface area contributed by atoms with Gasteiger partial charge in [0, 0.05) is 26.6 Å². The third-order valence-corrected chi connectivity index (χ3v) is 4.06. The summed E-state index contributed by atoms with van der Waals surface area (Å²) in [6.45, 7) is 1.43. The Labute approximate surface area is 115 Å². The summed E-state index contributed by atoms with van der Waals surface area (Å²) >= 11 is 0. The van der Waals surface area contributed by atoms with E-state index in [1.54, 1.807) is 11.9 Å². The van der Waals surface area contributed by atoms with Crippen molar-refractivity contribution < 1.29 is 14.7 Å². The van der Waals surface area contributed by atoms with Gasteiger partial charge < -0.3 is 14.9 Å². The van der Waals surface area contributed by atoms with Gasteiger partial charge in [0.1, 0.15) is 0 Å². The number of hydrogen-bond acceptors (Lipinski definition) is 3. The predicted molar refractivity (Wildman–Crippen MR) is 74.0 cm³/mol. The molecule has 5 heteroatoms. The lowest BCUT2D eigenvalue weighted by atomic mass is 9.71. The summed E-state index contributed by atoms with van der Waals surface area (Å²) in [5, 5.41) is 9.46. The minimum absolute atomic E-state index is 0.0499. The van der Waals surface area contributed by atoms with Crippen LogP contribution in [0.1, 0.15) is 38.5 Å². The summed E-state index contributed by atoms with van der Waals surface area (Å²) in [5.74, 6) is -0.854. The summed E-state index contributed by atoms with van der Waals surface area (Å²) in [6.07, 6.45) is 4.33. The SMILES string of the molecule is CN(C)CCN(C)C(=O)CC1(C(=O)O)CCCCC1. The highest BCUT2D eigenvalue weighted by molar-refractivity contribution is 5.85. The van der Waals surface area contributed by atoms with E-state index in [-0.39, 0.29) is 12.3 Å². The largest absolute Gasteiger partial charge is 0.481 e. The molecule has 0 heterocycles. The fourth-order valence-electron chi connectivity index (χ4n) is 2.59. The molecule has 0 aromatic rings. The Hall–Kier alpha value is -1.10. The summed E-state index contributed by atoms with van der Waals surface area (Å²) in [4.78, 5) is 27.4. The summed E-state index contributed by atoms with van der Waals surface area (Å²) in [7, 11) is 5.67. The van der Waals surface area contributed by atoms with Crippen molar-refractivity contribution >= 4 is 11.9 Å². The fourth-order valence-corrected chi connectivity index (χ4v) is 2.59. The first-order chi connectivity index (χ1) is 8.87. The lowest BCUT2D eigenvalue weighted by Gasteiger charge is -2.34. The molecular formula is C14H26N2O3. The van der Waals surface area contributed by atoms with Crippen LogP contribution in [0.25, 0.3) is 0 Å². The molecule has 0 atom stereocenters. The summed E-state index contributed by atoms with van der Waals surface area (Å²) < 4.78 is 0. The van der Waals surface area contributed by atoms with Crippen LogP contribution in [-0.4, -0.2) is 61.0 Å². The van der Waals surface area contributed by atoms with E-state index in [1.165, 1.54) is 0 Å². The molecule has 1 N–H and O–H groups in total. The van der Waals surface area contributed by atoms with Gasteiger partial charge in [-0.3, -0.25) is 9.59 Å². The molecule has 1 fully saturated rings. The second-order valence-electron chi connectivity index (χ2n) is 5.94. The first-order valence-corrected chi connectivity index (χ1v) is 6.99. The number of carboxylic acids is 1. The zero-order chi connectivity index (χ0) is 14.5. The number of nitrogens with zero attached hydrogens (tertiary/aromatic N) is 2. The fraction of sp³-hybridized carbons (Fsp3) is 0.857.